The average Bonchev–Trinajstić information content (AvgIpc) is 2.72. The van der Waals surface area contributed by atoms with Gasteiger partial charge in [0.1, 0.15) is 5.82 Å². The third-order valence-corrected chi connectivity index (χ3v) is 5.12. The highest BCUT2D eigenvalue weighted by atomic mass is 19.1. The zero-order valence-electron chi connectivity index (χ0n) is 16.7. The number of ether oxygens (including phenoxy) is 1. The standard InChI is InChI=1S/C21H27FN4O2/c1-4-16-13-17(20(28-3)24-15(16)2)14-23-21(27)26-11-9-25(10-12-26)19-8-6-5-7-18(19)22/h5-8,13H,4,9-12,14H2,1-3H3,(H,23,27). The van der Waals surface area contributed by atoms with Crippen molar-refractivity contribution in [2.75, 3.05) is 38.2 Å². The molecule has 0 unspecified atom stereocenters. The largest absolute Gasteiger partial charge is 0.481 e. The number of methoxy groups -OCH3 is 1. The van der Waals surface area contributed by atoms with Crippen molar-refractivity contribution in [2.45, 2.75) is 26.8 Å². The van der Waals surface area contributed by atoms with E-state index in [1.807, 2.05) is 24.0 Å². The molecule has 2 heterocycles. The number of aromatic nitrogens is 1. The van der Waals surface area contributed by atoms with Gasteiger partial charge in [0.25, 0.3) is 0 Å². The summed E-state index contributed by atoms with van der Waals surface area (Å²) in [4.78, 5) is 20.8. The van der Waals surface area contributed by atoms with E-state index in [-0.39, 0.29) is 11.8 Å². The molecule has 2 aromatic rings. The van der Waals surface area contributed by atoms with E-state index in [1.165, 1.54) is 6.07 Å². The number of carbonyl (C=O) groups is 1. The Hall–Kier alpha value is -2.83. The van der Waals surface area contributed by atoms with Crippen LogP contribution in [0.2, 0.25) is 0 Å². The first-order valence-electron chi connectivity index (χ1n) is 9.59. The fourth-order valence-electron chi connectivity index (χ4n) is 3.47. The topological polar surface area (TPSA) is 57.7 Å². The van der Waals surface area contributed by atoms with E-state index in [1.54, 1.807) is 24.1 Å². The van der Waals surface area contributed by atoms with Gasteiger partial charge in [-0.15, -0.1) is 0 Å². The minimum absolute atomic E-state index is 0.131. The summed E-state index contributed by atoms with van der Waals surface area (Å²) < 4.78 is 19.3. The van der Waals surface area contributed by atoms with Crippen molar-refractivity contribution in [1.29, 1.82) is 0 Å². The Bertz CT molecular complexity index is 835. The lowest BCUT2D eigenvalue weighted by Gasteiger charge is -2.36. The van der Waals surface area contributed by atoms with Crippen molar-refractivity contribution in [3.05, 3.63) is 53.0 Å². The van der Waals surface area contributed by atoms with Gasteiger partial charge >= 0.3 is 6.03 Å². The van der Waals surface area contributed by atoms with E-state index in [9.17, 15) is 9.18 Å². The maximum atomic E-state index is 13.9. The third-order valence-electron chi connectivity index (χ3n) is 5.12. The van der Waals surface area contributed by atoms with E-state index in [0.29, 0.717) is 44.3 Å². The number of pyridine rings is 1. The first-order chi connectivity index (χ1) is 13.5. The second-order valence-electron chi connectivity index (χ2n) is 6.84. The maximum Gasteiger partial charge on any atom is 0.317 e. The molecule has 150 valence electrons. The van der Waals surface area contributed by atoms with Crippen LogP contribution in [0.5, 0.6) is 5.88 Å². The normalized spacial score (nSPS) is 14.1. The number of para-hydroxylation sites is 1. The number of nitrogens with zero attached hydrogens (tertiary/aromatic N) is 3. The van der Waals surface area contributed by atoms with Gasteiger partial charge in [-0.3, -0.25) is 0 Å². The third kappa shape index (κ3) is 4.35. The molecule has 1 fully saturated rings. The van der Waals surface area contributed by atoms with Crippen molar-refractivity contribution in [3.63, 3.8) is 0 Å². The minimum Gasteiger partial charge on any atom is -0.481 e. The van der Waals surface area contributed by atoms with Gasteiger partial charge < -0.3 is 19.9 Å². The molecular weight excluding hydrogens is 359 g/mol. The lowest BCUT2D eigenvalue weighted by atomic mass is 10.1. The molecule has 2 amide bonds. The number of halogens is 1. The second kappa shape index (κ2) is 8.91. The predicted octanol–water partition coefficient (Wildman–Crippen LogP) is 3.13. The molecule has 1 aliphatic rings. The number of piperazine rings is 1. The molecule has 3 rings (SSSR count). The fourth-order valence-corrected chi connectivity index (χ4v) is 3.47. The summed E-state index contributed by atoms with van der Waals surface area (Å²) in [6.07, 6.45) is 0.877. The molecule has 1 N–H and O–H groups in total. The molecule has 0 atom stereocenters. The summed E-state index contributed by atoms with van der Waals surface area (Å²) >= 11 is 0. The Morgan fingerprint density at radius 1 is 1.21 bits per heavy atom. The monoisotopic (exact) mass is 386 g/mol. The number of carbonyl (C=O) groups excluding carboxylic acids is 1. The number of urea groups is 1. The summed E-state index contributed by atoms with van der Waals surface area (Å²) in [5.41, 5.74) is 3.54. The van der Waals surface area contributed by atoms with Crippen LogP contribution in [0.25, 0.3) is 0 Å². The Kier molecular flexibility index (Phi) is 6.34. The SMILES string of the molecule is CCc1cc(CNC(=O)N2CCN(c3ccccc3F)CC2)c(OC)nc1C. The van der Waals surface area contributed by atoms with Gasteiger partial charge in [-0.2, -0.15) is 0 Å². The van der Waals surface area contributed by atoms with Crippen molar-refractivity contribution in [3.8, 4) is 5.88 Å². The number of anilines is 1. The van der Waals surface area contributed by atoms with Crippen LogP contribution in [-0.4, -0.2) is 49.2 Å². The van der Waals surface area contributed by atoms with Crippen LogP contribution >= 0.6 is 0 Å². The molecule has 7 heteroatoms. The van der Waals surface area contributed by atoms with Crippen LogP contribution in [-0.2, 0) is 13.0 Å². The molecule has 6 nitrogen and oxygen atoms in total. The smallest absolute Gasteiger partial charge is 0.317 e. The molecule has 0 saturated carbocycles. The van der Waals surface area contributed by atoms with Gasteiger partial charge in [0.2, 0.25) is 5.88 Å². The van der Waals surface area contributed by atoms with E-state index >= 15 is 0 Å². The van der Waals surface area contributed by atoms with Crippen LogP contribution in [0.3, 0.4) is 0 Å². The van der Waals surface area contributed by atoms with Crippen LogP contribution in [0, 0.1) is 12.7 Å². The fraction of sp³-hybridized carbons (Fsp3) is 0.429. The summed E-state index contributed by atoms with van der Waals surface area (Å²) in [6.45, 7) is 6.68. The first-order valence-corrected chi connectivity index (χ1v) is 9.59. The lowest BCUT2D eigenvalue weighted by molar-refractivity contribution is 0.193. The van der Waals surface area contributed by atoms with Crippen LogP contribution in [0.15, 0.2) is 30.3 Å². The zero-order chi connectivity index (χ0) is 20.1. The highest BCUT2D eigenvalue weighted by Gasteiger charge is 2.23. The van der Waals surface area contributed by atoms with Gasteiger partial charge in [-0.05, 0) is 37.1 Å². The van der Waals surface area contributed by atoms with Crippen molar-refractivity contribution < 1.29 is 13.9 Å². The quantitative estimate of drug-likeness (QED) is 0.858. The molecule has 1 saturated heterocycles. The van der Waals surface area contributed by atoms with E-state index < -0.39 is 0 Å². The summed E-state index contributed by atoms with van der Waals surface area (Å²) in [5, 5.41) is 2.95. The molecule has 0 spiro atoms. The summed E-state index contributed by atoms with van der Waals surface area (Å²) in [6, 6.07) is 8.65. The number of hydrogen-bond acceptors (Lipinski definition) is 4. The molecule has 0 bridgehead atoms. The van der Waals surface area contributed by atoms with Crippen molar-refractivity contribution in [2.24, 2.45) is 0 Å². The Morgan fingerprint density at radius 2 is 1.93 bits per heavy atom. The second-order valence-corrected chi connectivity index (χ2v) is 6.84. The number of hydrogen-bond donors (Lipinski definition) is 1. The van der Waals surface area contributed by atoms with Gasteiger partial charge in [-0.25, -0.2) is 14.2 Å². The Balaban J connectivity index is 1.57. The van der Waals surface area contributed by atoms with Gasteiger partial charge in [0, 0.05) is 44.0 Å². The molecule has 1 aliphatic heterocycles. The van der Waals surface area contributed by atoms with Crippen molar-refractivity contribution >= 4 is 11.7 Å². The number of amides is 2. The van der Waals surface area contributed by atoms with Crippen LogP contribution < -0.4 is 15.0 Å². The molecular formula is C21H27FN4O2. The van der Waals surface area contributed by atoms with Gasteiger partial charge in [-0.1, -0.05) is 19.1 Å². The predicted molar refractivity (Wildman–Crippen MR) is 107 cm³/mol. The number of rotatable bonds is 5. The highest BCUT2D eigenvalue weighted by molar-refractivity contribution is 5.74. The molecule has 0 aliphatic carbocycles. The minimum atomic E-state index is -0.230. The number of benzene rings is 1. The van der Waals surface area contributed by atoms with Crippen LogP contribution in [0.1, 0.15) is 23.7 Å². The molecule has 1 aromatic heterocycles. The van der Waals surface area contributed by atoms with Gasteiger partial charge in [0.05, 0.1) is 12.8 Å². The Labute approximate surface area is 165 Å². The molecule has 0 radical (unpaired) electrons. The van der Waals surface area contributed by atoms with E-state index in [4.69, 9.17) is 4.74 Å². The summed E-state index contributed by atoms with van der Waals surface area (Å²) in [7, 11) is 1.58. The van der Waals surface area contributed by atoms with E-state index in [0.717, 1.165) is 23.2 Å². The number of aryl methyl sites for hydroxylation is 2. The number of nitrogens with one attached hydrogen (secondary N) is 1. The Morgan fingerprint density at radius 3 is 2.57 bits per heavy atom. The van der Waals surface area contributed by atoms with Crippen molar-refractivity contribution in [1.82, 2.24) is 15.2 Å². The maximum absolute atomic E-state index is 13.9. The average molecular weight is 386 g/mol. The van der Waals surface area contributed by atoms with Gasteiger partial charge in [0.15, 0.2) is 0 Å². The first kappa shape index (κ1) is 19.9. The lowest BCUT2D eigenvalue weighted by Crippen LogP contribution is -2.51. The highest BCUT2D eigenvalue weighted by Crippen LogP contribution is 2.21. The van der Waals surface area contributed by atoms with E-state index in [2.05, 4.69) is 17.2 Å². The molecule has 1 aromatic carbocycles. The van der Waals surface area contributed by atoms with Crippen LogP contribution in [0.4, 0.5) is 14.9 Å². The summed E-state index contributed by atoms with van der Waals surface area (Å²) in [5.74, 6) is 0.311. The zero-order valence-corrected chi connectivity index (χ0v) is 16.7. The molecule has 28 heavy (non-hydrogen) atoms.